The summed E-state index contributed by atoms with van der Waals surface area (Å²) in [6.07, 6.45) is 1.52. The molecule has 102 valence electrons. The standard InChI is InChI=1S/C16H8ClFN2O/c17-10-2-3-11(14(18)6-10)16(21)13-8-20-15-4-1-9(7-19)5-12(13)15/h1-6,8,20H. The molecule has 0 aliphatic heterocycles. The third kappa shape index (κ3) is 2.28. The summed E-state index contributed by atoms with van der Waals surface area (Å²) in [5.74, 6) is -1.12. The van der Waals surface area contributed by atoms with Crippen molar-refractivity contribution in [3.63, 3.8) is 0 Å². The SMILES string of the molecule is N#Cc1ccc2[nH]cc(C(=O)c3ccc(Cl)cc3F)c2c1. The van der Waals surface area contributed by atoms with Gasteiger partial charge in [-0.2, -0.15) is 5.26 Å². The number of fused-ring (bicyclic) bond motifs is 1. The lowest BCUT2D eigenvalue weighted by molar-refractivity contribution is 0.103. The molecule has 3 aromatic rings. The molecule has 1 aromatic heterocycles. The zero-order chi connectivity index (χ0) is 15.0. The molecule has 0 spiro atoms. The lowest BCUT2D eigenvalue weighted by Gasteiger charge is -2.02. The van der Waals surface area contributed by atoms with Crippen LogP contribution < -0.4 is 0 Å². The summed E-state index contributed by atoms with van der Waals surface area (Å²) in [6, 6.07) is 10.9. The van der Waals surface area contributed by atoms with Crippen LogP contribution in [-0.2, 0) is 0 Å². The van der Waals surface area contributed by atoms with Gasteiger partial charge in [-0.1, -0.05) is 11.6 Å². The van der Waals surface area contributed by atoms with Gasteiger partial charge in [0.25, 0.3) is 0 Å². The zero-order valence-electron chi connectivity index (χ0n) is 10.7. The number of benzene rings is 2. The molecule has 21 heavy (non-hydrogen) atoms. The van der Waals surface area contributed by atoms with Crippen molar-refractivity contribution >= 4 is 28.3 Å². The third-order valence-corrected chi connectivity index (χ3v) is 3.47. The summed E-state index contributed by atoms with van der Waals surface area (Å²) >= 11 is 5.69. The van der Waals surface area contributed by atoms with E-state index in [-0.39, 0.29) is 10.6 Å². The summed E-state index contributed by atoms with van der Waals surface area (Å²) in [6.45, 7) is 0. The molecule has 3 rings (SSSR count). The molecular weight excluding hydrogens is 291 g/mol. The first-order chi connectivity index (χ1) is 10.1. The molecule has 0 radical (unpaired) electrons. The van der Waals surface area contributed by atoms with Crippen LogP contribution in [0.1, 0.15) is 21.5 Å². The minimum Gasteiger partial charge on any atom is -0.360 e. The number of rotatable bonds is 2. The van der Waals surface area contributed by atoms with Crippen LogP contribution in [0, 0.1) is 17.1 Å². The number of aromatic nitrogens is 1. The van der Waals surface area contributed by atoms with Crippen molar-refractivity contribution in [3.8, 4) is 6.07 Å². The van der Waals surface area contributed by atoms with Crippen LogP contribution in [-0.4, -0.2) is 10.8 Å². The molecule has 3 nitrogen and oxygen atoms in total. The topological polar surface area (TPSA) is 56.6 Å². The highest BCUT2D eigenvalue weighted by Crippen LogP contribution is 2.24. The second-order valence-corrected chi connectivity index (χ2v) is 4.96. The van der Waals surface area contributed by atoms with Crippen LogP contribution in [0.3, 0.4) is 0 Å². The van der Waals surface area contributed by atoms with E-state index in [0.717, 1.165) is 6.07 Å². The molecule has 1 N–H and O–H groups in total. The fourth-order valence-electron chi connectivity index (χ4n) is 2.20. The van der Waals surface area contributed by atoms with Crippen LogP contribution in [0.25, 0.3) is 10.9 Å². The van der Waals surface area contributed by atoms with Crippen molar-refractivity contribution in [2.75, 3.05) is 0 Å². The van der Waals surface area contributed by atoms with Crippen LogP contribution in [0.4, 0.5) is 4.39 Å². The van der Waals surface area contributed by atoms with Gasteiger partial charge < -0.3 is 4.98 Å². The van der Waals surface area contributed by atoms with Crippen molar-refractivity contribution in [2.24, 2.45) is 0 Å². The maximum Gasteiger partial charge on any atom is 0.198 e. The van der Waals surface area contributed by atoms with Gasteiger partial charge in [0.05, 0.1) is 17.2 Å². The van der Waals surface area contributed by atoms with E-state index in [9.17, 15) is 9.18 Å². The number of hydrogen-bond acceptors (Lipinski definition) is 2. The second kappa shape index (κ2) is 5.04. The fraction of sp³-hybridized carbons (Fsp3) is 0. The molecule has 0 atom stereocenters. The van der Waals surface area contributed by atoms with Gasteiger partial charge in [-0.05, 0) is 36.4 Å². The number of nitrogens with zero attached hydrogens (tertiary/aromatic N) is 1. The summed E-state index contributed by atoms with van der Waals surface area (Å²) in [7, 11) is 0. The van der Waals surface area contributed by atoms with Crippen molar-refractivity contribution in [2.45, 2.75) is 0 Å². The highest BCUT2D eigenvalue weighted by molar-refractivity contribution is 6.30. The van der Waals surface area contributed by atoms with E-state index < -0.39 is 11.6 Å². The van der Waals surface area contributed by atoms with Gasteiger partial charge in [-0.3, -0.25) is 4.79 Å². The number of nitriles is 1. The van der Waals surface area contributed by atoms with E-state index in [1.54, 1.807) is 18.2 Å². The van der Waals surface area contributed by atoms with Gasteiger partial charge in [0.1, 0.15) is 5.82 Å². The average Bonchev–Trinajstić information content (AvgIpc) is 2.89. The summed E-state index contributed by atoms with van der Waals surface area (Å²) in [5, 5.41) is 9.76. The molecule has 0 saturated carbocycles. The number of hydrogen-bond donors (Lipinski definition) is 1. The maximum absolute atomic E-state index is 13.9. The molecule has 0 unspecified atom stereocenters. The number of H-pyrrole nitrogens is 1. The minimum atomic E-state index is -0.668. The number of nitrogens with one attached hydrogen (secondary N) is 1. The molecule has 0 fully saturated rings. The first kappa shape index (κ1) is 13.3. The Morgan fingerprint density at radius 2 is 2.00 bits per heavy atom. The second-order valence-electron chi connectivity index (χ2n) is 4.53. The number of aromatic amines is 1. The number of ketones is 1. The van der Waals surface area contributed by atoms with Gasteiger partial charge in [0, 0.05) is 27.7 Å². The highest BCUT2D eigenvalue weighted by Gasteiger charge is 2.18. The number of halogens is 2. The quantitative estimate of drug-likeness (QED) is 0.725. The Hall–Kier alpha value is -2.64. The zero-order valence-corrected chi connectivity index (χ0v) is 11.4. The van der Waals surface area contributed by atoms with Gasteiger partial charge in [-0.15, -0.1) is 0 Å². The lowest BCUT2D eigenvalue weighted by atomic mass is 10.0. The Bertz CT molecular complexity index is 908. The van der Waals surface area contributed by atoms with Gasteiger partial charge in [-0.25, -0.2) is 4.39 Å². The molecule has 0 bridgehead atoms. The maximum atomic E-state index is 13.9. The van der Waals surface area contributed by atoms with E-state index >= 15 is 0 Å². The molecule has 1 heterocycles. The van der Waals surface area contributed by atoms with Gasteiger partial charge in [0.2, 0.25) is 0 Å². The van der Waals surface area contributed by atoms with Crippen molar-refractivity contribution < 1.29 is 9.18 Å². The van der Waals surface area contributed by atoms with Crippen LogP contribution >= 0.6 is 11.6 Å². The Kier molecular flexibility index (Phi) is 3.20. The molecule has 5 heteroatoms. The highest BCUT2D eigenvalue weighted by atomic mass is 35.5. The number of carbonyl (C=O) groups excluding carboxylic acids is 1. The first-order valence-corrected chi connectivity index (χ1v) is 6.49. The summed E-state index contributed by atoms with van der Waals surface area (Å²) in [5.41, 5.74) is 1.42. The van der Waals surface area contributed by atoms with Crippen molar-refractivity contribution in [1.29, 1.82) is 5.26 Å². The fourth-order valence-corrected chi connectivity index (χ4v) is 2.36. The molecular formula is C16H8ClFN2O. The minimum absolute atomic E-state index is 0.0531. The summed E-state index contributed by atoms with van der Waals surface area (Å²) in [4.78, 5) is 15.4. The molecule has 0 aliphatic rings. The van der Waals surface area contributed by atoms with E-state index in [4.69, 9.17) is 16.9 Å². The van der Waals surface area contributed by atoms with Crippen LogP contribution in [0.15, 0.2) is 42.6 Å². The predicted molar refractivity (Wildman–Crippen MR) is 77.9 cm³/mol. The Morgan fingerprint density at radius 1 is 1.19 bits per heavy atom. The average molecular weight is 299 g/mol. The van der Waals surface area contributed by atoms with E-state index in [1.165, 1.54) is 18.3 Å². The molecule has 0 saturated heterocycles. The van der Waals surface area contributed by atoms with Gasteiger partial charge in [0.15, 0.2) is 5.78 Å². The number of carbonyl (C=O) groups is 1. The van der Waals surface area contributed by atoms with Crippen LogP contribution in [0.2, 0.25) is 5.02 Å². The Morgan fingerprint density at radius 3 is 2.71 bits per heavy atom. The van der Waals surface area contributed by atoms with E-state index in [2.05, 4.69) is 4.98 Å². The molecule has 0 amide bonds. The van der Waals surface area contributed by atoms with Crippen molar-refractivity contribution in [3.05, 3.63) is 70.1 Å². The monoisotopic (exact) mass is 298 g/mol. The lowest BCUT2D eigenvalue weighted by Crippen LogP contribution is -2.03. The van der Waals surface area contributed by atoms with Gasteiger partial charge >= 0.3 is 0 Å². The Balaban J connectivity index is 2.16. The molecule has 0 aliphatic carbocycles. The first-order valence-electron chi connectivity index (χ1n) is 6.11. The summed E-state index contributed by atoms with van der Waals surface area (Å²) < 4.78 is 13.9. The normalized spacial score (nSPS) is 10.5. The molecule has 2 aromatic carbocycles. The predicted octanol–water partition coefficient (Wildman–Crippen LogP) is 4.06. The van der Waals surface area contributed by atoms with E-state index in [1.807, 2.05) is 6.07 Å². The third-order valence-electron chi connectivity index (χ3n) is 3.23. The van der Waals surface area contributed by atoms with Crippen molar-refractivity contribution in [1.82, 2.24) is 4.98 Å². The van der Waals surface area contributed by atoms with E-state index in [0.29, 0.717) is 22.0 Å². The Labute approximate surface area is 124 Å². The smallest absolute Gasteiger partial charge is 0.198 e. The largest absolute Gasteiger partial charge is 0.360 e. The van der Waals surface area contributed by atoms with Crippen LogP contribution in [0.5, 0.6) is 0 Å².